The molecule has 0 aromatic heterocycles. The molecule has 0 aliphatic heterocycles. The van der Waals surface area contributed by atoms with Crippen LogP contribution in [-0.2, 0) is 10.1 Å². The first-order valence-corrected chi connectivity index (χ1v) is 12.5. The Morgan fingerprint density at radius 1 is 1.03 bits per heavy atom. The Balaban J connectivity index is 2.15. The van der Waals surface area contributed by atoms with E-state index in [4.69, 9.17) is 4.55 Å². The molecule has 1 aliphatic carbocycles. The van der Waals surface area contributed by atoms with Crippen molar-refractivity contribution in [1.82, 2.24) is 0 Å². The first-order chi connectivity index (χ1) is 14.6. The van der Waals surface area contributed by atoms with Gasteiger partial charge >= 0.3 is 10.1 Å². The molecule has 0 spiro atoms. The molecule has 1 saturated carbocycles. The second-order valence-corrected chi connectivity index (χ2v) is 10.3. The summed E-state index contributed by atoms with van der Waals surface area (Å²) in [6, 6.07) is 5.67. The summed E-state index contributed by atoms with van der Waals surface area (Å²) < 4.78 is 89.2. The SMILES string of the molecule is CCC(C)c1ccc(C2CCCCC2)c(Sc2c(F)c(F)c(S(=O)(=O)O)c(F)c2F)c1. The topological polar surface area (TPSA) is 54.4 Å². The molecule has 0 amide bonds. The lowest BCUT2D eigenvalue weighted by atomic mass is 9.83. The van der Waals surface area contributed by atoms with E-state index in [2.05, 4.69) is 0 Å². The summed E-state index contributed by atoms with van der Waals surface area (Å²) in [6.45, 7) is 4.01. The Kier molecular flexibility index (Phi) is 7.38. The Bertz CT molecular complexity index is 1050. The van der Waals surface area contributed by atoms with Gasteiger partial charge in [0.25, 0.3) is 0 Å². The third-order valence-electron chi connectivity index (χ3n) is 5.92. The van der Waals surface area contributed by atoms with Crippen molar-refractivity contribution in [2.45, 2.75) is 78.9 Å². The summed E-state index contributed by atoms with van der Waals surface area (Å²) in [6.07, 6.45) is 5.81. The van der Waals surface area contributed by atoms with E-state index in [0.29, 0.717) is 16.7 Å². The van der Waals surface area contributed by atoms with Crippen molar-refractivity contribution in [1.29, 1.82) is 0 Å². The minimum atomic E-state index is -5.48. The fourth-order valence-electron chi connectivity index (χ4n) is 3.95. The summed E-state index contributed by atoms with van der Waals surface area (Å²) in [5, 5.41) is 0. The molecule has 0 heterocycles. The average Bonchev–Trinajstić information content (AvgIpc) is 2.74. The van der Waals surface area contributed by atoms with Crippen LogP contribution in [0.1, 0.15) is 75.3 Å². The number of hydrogen-bond donors (Lipinski definition) is 1. The van der Waals surface area contributed by atoms with Crippen LogP contribution < -0.4 is 0 Å². The minimum Gasteiger partial charge on any atom is -0.282 e. The van der Waals surface area contributed by atoms with Crippen LogP contribution >= 0.6 is 11.8 Å². The third-order valence-corrected chi connectivity index (χ3v) is 7.93. The van der Waals surface area contributed by atoms with Crippen molar-refractivity contribution >= 4 is 21.9 Å². The van der Waals surface area contributed by atoms with Gasteiger partial charge in [-0.25, -0.2) is 17.6 Å². The molecule has 2 aromatic rings. The lowest BCUT2D eigenvalue weighted by Gasteiger charge is -2.25. The zero-order chi connectivity index (χ0) is 22.9. The molecule has 0 bridgehead atoms. The number of hydrogen-bond acceptors (Lipinski definition) is 3. The Morgan fingerprint density at radius 3 is 2.13 bits per heavy atom. The van der Waals surface area contributed by atoms with Gasteiger partial charge < -0.3 is 0 Å². The standard InChI is InChI=1S/C22H24F4O3S2/c1-3-12(2)14-9-10-15(13-7-5-4-6-8-13)16(11-14)30-21-17(23)19(25)22(31(27,28)29)20(26)18(21)24/h9-13H,3-8H2,1-2H3,(H,27,28,29). The fourth-order valence-corrected chi connectivity index (χ4v) is 5.71. The summed E-state index contributed by atoms with van der Waals surface area (Å²) in [4.78, 5) is -2.51. The largest absolute Gasteiger partial charge is 0.300 e. The molecule has 3 rings (SSSR count). The van der Waals surface area contributed by atoms with Crippen LogP contribution in [0.15, 0.2) is 32.9 Å². The lowest BCUT2D eigenvalue weighted by Crippen LogP contribution is -2.11. The highest BCUT2D eigenvalue weighted by Gasteiger charge is 2.33. The van der Waals surface area contributed by atoms with Gasteiger partial charge in [-0.2, -0.15) is 8.42 Å². The first kappa shape index (κ1) is 24.1. The quantitative estimate of drug-likeness (QED) is 0.272. The molecule has 2 aromatic carbocycles. The maximum atomic E-state index is 14.6. The number of benzene rings is 2. The van der Waals surface area contributed by atoms with Crippen LogP contribution in [0.3, 0.4) is 0 Å². The predicted octanol–water partition coefficient (Wildman–Crippen LogP) is 7.20. The van der Waals surface area contributed by atoms with Crippen molar-refractivity contribution in [3.8, 4) is 0 Å². The van der Waals surface area contributed by atoms with E-state index in [-0.39, 0.29) is 11.8 Å². The number of halogens is 4. The van der Waals surface area contributed by atoms with Crippen molar-refractivity contribution in [2.75, 3.05) is 0 Å². The van der Waals surface area contributed by atoms with Crippen LogP contribution in [0.25, 0.3) is 0 Å². The monoisotopic (exact) mass is 476 g/mol. The molecule has 1 atom stereocenters. The lowest BCUT2D eigenvalue weighted by molar-refractivity contribution is 0.384. The maximum absolute atomic E-state index is 14.6. The van der Waals surface area contributed by atoms with Crippen molar-refractivity contribution < 1.29 is 30.5 Å². The van der Waals surface area contributed by atoms with E-state index in [1.54, 1.807) is 6.07 Å². The molecule has 1 unspecified atom stereocenters. The smallest absolute Gasteiger partial charge is 0.282 e. The van der Waals surface area contributed by atoms with Crippen LogP contribution in [-0.4, -0.2) is 13.0 Å². The van der Waals surface area contributed by atoms with E-state index in [1.165, 1.54) is 0 Å². The molecule has 0 saturated heterocycles. The highest BCUT2D eigenvalue weighted by atomic mass is 32.2. The molecule has 1 aliphatic rings. The van der Waals surface area contributed by atoms with Gasteiger partial charge in [-0.3, -0.25) is 4.55 Å². The molecule has 0 radical (unpaired) electrons. The Morgan fingerprint density at radius 2 is 1.61 bits per heavy atom. The van der Waals surface area contributed by atoms with Gasteiger partial charge in [0.05, 0.1) is 4.90 Å². The summed E-state index contributed by atoms with van der Waals surface area (Å²) in [7, 11) is -5.48. The molecular weight excluding hydrogens is 452 g/mol. The molecule has 31 heavy (non-hydrogen) atoms. The highest BCUT2D eigenvalue weighted by molar-refractivity contribution is 7.99. The van der Waals surface area contributed by atoms with Gasteiger partial charge in [0, 0.05) is 4.90 Å². The van der Waals surface area contributed by atoms with Crippen molar-refractivity contribution in [2.24, 2.45) is 0 Å². The summed E-state index contributed by atoms with van der Waals surface area (Å²) in [5.41, 5.74) is 1.79. The van der Waals surface area contributed by atoms with E-state index in [9.17, 15) is 26.0 Å². The van der Waals surface area contributed by atoms with E-state index in [0.717, 1.165) is 49.7 Å². The van der Waals surface area contributed by atoms with Gasteiger partial charge in [0.1, 0.15) is 0 Å². The normalized spacial score (nSPS) is 16.5. The first-order valence-electron chi connectivity index (χ1n) is 10.2. The molecule has 1 fully saturated rings. The summed E-state index contributed by atoms with van der Waals surface area (Å²) in [5.74, 6) is -7.63. The maximum Gasteiger partial charge on any atom is 0.300 e. The van der Waals surface area contributed by atoms with E-state index in [1.807, 2.05) is 26.0 Å². The van der Waals surface area contributed by atoms with Crippen LogP contribution in [0, 0.1) is 23.3 Å². The zero-order valence-corrected chi connectivity index (χ0v) is 18.9. The van der Waals surface area contributed by atoms with Crippen molar-refractivity contribution in [3.63, 3.8) is 0 Å². The third kappa shape index (κ3) is 4.93. The van der Waals surface area contributed by atoms with E-state index < -0.39 is 43.2 Å². The molecule has 170 valence electrons. The van der Waals surface area contributed by atoms with Crippen LogP contribution in [0.2, 0.25) is 0 Å². The van der Waals surface area contributed by atoms with Gasteiger partial charge in [-0.15, -0.1) is 0 Å². The molecule has 3 nitrogen and oxygen atoms in total. The predicted molar refractivity (Wildman–Crippen MR) is 111 cm³/mol. The zero-order valence-electron chi connectivity index (χ0n) is 17.2. The van der Waals surface area contributed by atoms with Crippen LogP contribution in [0.5, 0.6) is 0 Å². The second-order valence-electron chi connectivity index (χ2n) is 7.93. The highest BCUT2D eigenvalue weighted by Crippen LogP contribution is 2.44. The van der Waals surface area contributed by atoms with Crippen LogP contribution in [0.4, 0.5) is 17.6 Å². The second kappa shape index (κ2) is 9.50. The Labute approximate surface area is 184 Å². The van der Waals surface area contributed by atoms with E-state index >= 15 is 0 Å². The van der Waals surface area contributed by atoms with Gasteiger partial charge in [-0.05, 0) is 48.3 Å². The molecule has 1 N–H and O–H groups in total. The molecular formula is C22H24F4O3S2. The minimum absolute atomic E-state index is 0.167. The Hall–Kier alpha value is -1.58. The van der Waals surface area contributed by atoms with Gasteiger partial charge in [0.15, 0.2) is 28.2 Å². The van der Waals surface area contributed by atoms with Crippen molar-refractivity contribution in [3.05, 3.63) is 52.6 Å². The van der Waals surface area contributed by atoms with Gasteiger partial charge in [0.2, 0.25) is 0 Å². The molecule has 9 heteroatoms. The fraction of sp³-hybridized carbons (Fsp3) is 0.455. The number of rotatable bonds is 6. The van der Waals surface area contributed by atoms with Gasteiger partial charge in [-0.1, -0.05) is 57.0 Å². The summed E-state index contributed by atoms with van der Waals surface area (Å²) >= 11 is 0.544. The average molecular weight is 477 g/mol.